The Balaban J connectivity index is 1.99. The molecular weight excluding hydrogens is 244 g/mol. The fraction of sp³-hybridized carbons (Fsp3) is 0.133. The lowest BCUT2D eigenvalue weighted by molar-refractivity contribution is -0.111. The Morgan fingerprint density at radius 2 is 1.84 bits per heavy atom. The van der Waals surface area contributed by atoms with Crippen molar-refractivity contribution in [1.29, 1.82) is 0 Å². The van der Waals surface area contributed by atoms with Gasteiger partial charge in [0.05, 0.1) is 12.2 Å². The Kier molecular flexibility index (Phi) is 4.28. The van der Waals surface area contributed by atoms with Crippen LogP contribution >= 0.6 is 0 Å². The first-order chi connectivity index (χ1) is 9.16. The van der Waals surface area contributed by atoms with E-state index in [2.05, 4.69) is 0 Å². The van der Waals surface area contributed by atoms with Gasteiger partial charge >= 0.3 is 5.97 Å². The van der Waals surface area contributed by atoms with Gasteiger partial charge in [0.1, 0.15) is 0 Å². The topological polar surface area (TPSA) is 66.8 Å². The maximum absolute atomic E-state index is 10.8. The number of carboxylic acid groups (broad SMARTS) is 1. The third kappa shape index (κ3) is 3.64. The molecule has 0 radical (unpaired) electrons. The summed E-state index contributed by atoms with van der Waals surface area (Å²) >= 11 is 0. The fourth-order valence-electron chi connectivity index (χ4n) is 1.68. The molecule has 1 unspecified atom stereocenters. The maximum atomic E-state index is 10.8. The Labute approximate surface area is 110 Å². The molecule has 4 heteroatoms. The number of hydrogen-bond donors (Lipinski definition) is 2. The lowest BCUT2D eigenvalue weighted by atomic mass is 10.1. The van der Waals surface area contributed by atoms with Crippen LogP contribution in [0.3, 0.4) is 0 Å². The van der Waals surface area contributed by atoms with Crippen molar-refractivity contribution in [2.24, 2.45) is 0 Å². The number of aromatic carboxylic acids is 1. The predicted octanol–water partition coefficient (Wildman–Crippen LogP) is 2.59. The number of rotatable bonds is 5. The molecule has 0 aliphatic carbocycles. The van der Waals surface area contributed by atoms with Gasteiger partial charge in [0.15, 0.2) is 6.29 Å². The zero-order valence-corrected chi connectivity index (χ0v) is 10.2. The van der Waals surface area contributed by atoms with Crippen LogP contribution in [-0.2, 0) is 11.3 Å². The third-order valence-corrected chi connectivity index (χ3v) is 2.67. The van der Waals surface area contributed by atoms with Crippen molar-refractivity contribution >= 4 is 5.97 Å². The molecule has 0 spiro atoms. The standard InChI is InChI=1S/C15H14O4/c16-14(17)13-8-4-5-11(9-13)10-19-15(18)12-6-2-1-3-7-12/h1-9,15,18H,10H2,(H,16,17). The highest BCUT2D eigenvalue weighted by Crippen LogP contribution is 2.16. The van der Waals surface area contributed by atoms with Crippen molar-refractivity contribution in [3.05, 3.63) is 71.3 Å². The summed E-state index contributed by atoms with van der Waals surface area (Å²) in [5.41, 5.74) is 1.57. The summed E-state index contributed by atoms with van der Waals surface area (Å²) in [7, 11) is 0. The van der Waals surface area contributed by atoms with E-state index < -0.39 is 12.3 Å². The van der Waals surface area contributed by atoms with E-state index in [1.54, 1.807) is 24.3 Å². The van der Waals surface area contributed by atoms with Crippen LogP contribution < -0.4 is 0 Å². The number of carboxylic acids is 1. The van der Waals surface area contributed by atoms with Crippen molar-refractivity contribution in [3.8, 4) is 0 Å². The quantitative estimate of drug-likeness (QED) is 0.809. The molecule has 0 amide bonds. The summed E-state index contributed by atoms with van der Waals surface area (Å²) in [5, 5.41) is 18.7. The second kappa shape index (κ2) is 6.13. The summed E-state index contributed by atoms with van der Waals surface area (Å²) in [6.07, 6.45) is -1.02. The van der Waals surface area contributed by atoms with E-state index in [1.807, 2.05) is 18.2 Å². The van der Waals surface area contributed by atoms with Gasteiger partial charge in [-0.15, -0.1) is 0 Å². The van der Waals surface area contributed by atoms with Gasteiger partial charge in [0.2, 0.25) is 0 Å². The number of aliphatic hydroxyl groups excluding tert-OH is 1. The summed E-state index contributed by atoms with van der Waals surface area (Å²) in [4.78, 5) is 10.8. The zero-order chi connectivity index (χ0) is 13.7. The Bertz CT molecular complexity index is 551. The number of benzene rings is 2. The van der Waals surface area contributed by atoms with Crippen LogP contribution in [0.5, 0.6) is 0 Å². The fourth-order valence-corrected chi connectivity index (χ4v) is 1.68. The van der Waals surface area contributed by atoms with Crippen LogP contribution in [-0.4, -0.2) is 16.2 Å². The summed E-state index contributed by atoms with van der Waals surface area (Å²) in [6.45, 7) is 0.150. The van der Waals surface area contributed by atoms with Crippen molar-refractivity contribution in [3.63, 3.8) is 0 Å². The first kappa shape index (κ1) is 13.3. The van der Waals surface area contributed by atoms with E-state index in [4.69, 9.17) is 9.84 Å². The monoisotopic (exact) mass is 258 g/mol. The largest absolute Gasteiger partial charge is 0.478 e. The Morgan fingerprint density at radius 1 is 1.11 bits per heavy atom. The molecule has 2 aromatic carbocycles. The van der Waals surface area contributed by atoms with E-state index in [0.29, 0.717) is 11.1 Å². The number of ether oxygens (including phenoxy) is 1. The highest BCUT2D eigenvalue weighted by atomic mass is 16.6. The summed E-state index contributed by atoms with van der Waals surface area (Å²) < 4.78 is 5.31. The molecule has 0 heterocycles. The van der Waals surface area contributed by atoms with Crippen molar-refractivity contribution in [2.45, 2.75) is 12.9 Å². The third-order valence-electron chi connectivity index (χ3n) is 2.67. The van der Waals surface area contributed by atoms with E-state index in [1.165, 1.54) is 12.1 Å². The van der Waals surface area contributed by atoms with Gasteiger partial charge in [-0.3, -0.25) is 0 Å². The van der Waals surface area contributed by atoms with Crippen LogP contribution in [0, 0.1) is 0 Å². The zero-order valence-electron chi connectivity index (χ0n) is 10.2. The predicted molar refractivity (Wildman–Crippen MR) is 69.6 cm³/mol. The molecular formula is C15H14O4. The van der Waals surface area contributed by atoms with E-state index in [9.17, 15) is 9.90 Å². The van der Waals surface area contributed by atoms with Crippen molar-refractivity contribution in [2.75, 3.05) is 0 Å². The summed E-state index contributed by atoms with van der Waals surface area (Å²) in [5.74, 6) is -0.981. The molecule has 0 saturated carbocycles. The molecule has 19 heavy (non-hydrogen) atoms. The second-order valence-corrected chi connectivity index (χ2v) is 4.08. The minimum absolute atomic E-state index is 0.150. The molecule has 2 rings (SSSR count). The van der Waals surface area contributed by atoms with Crippen molar-refractivity contribution < 1.29 is 19.7 Å². The molecule has 0 aliphatic heterocycles. The first-order valence-corrected chi connectivity index (χ1v) is 5.83. The van der Waals surface area contributed by atoms with Gasteiger partial charge in [0.25, 0.3) is 0 Å². The molecule has 0 fully saturated rings. The number of carbonyl (C=O) groups is 1. The highest BCUT2D eigenvalue weighted by Gasteiger charge is 2.08. The molecule has 0 saturated heterocycles. The number of hydrogen-bond acceptors (Lipinski definition) is 3. The van der Waals surface area contributed by atoms with Gasteiger partial charge in [-0.1, -0.05) is 42.5 Å². The van der Waals surface area contributed by atoms with E-state index in [-0.39, 0.29) is 12.2 Å². The first-order valence-electron chi connectivity index (χ1n) is 5.83. The van der Waals surface area contributed by atoms with Crippen LogP contribution in [0.25, 0.3) is 0 Å². The van der Waals surface area contributed by atoms with Crippen LogP contribution in [0.4, 0.5) is 0 Å². The average molecular weight is 258 g/mol. The lowest BCUT2D eigenvalue weighted by Crippen LogP contribution is -2.04. The van der Waals surface area contributed by atoms with E-state index >= 15 is 0 Å². The molecule has 2 aromatic rings. The molecule has 0 aromatic heterocycles. The van der Waals surface area contributed by atoms with Gasteiger partial charge in [-0.05, 0) is 17.7 Å². The van der Waals surface area contributed by atoms with Crippen molar-refractivity contribution in [1.82, 2.24) is 0 Å². The Hall–Kier alpha value is -2.17. The van der Waals surface area contributed by atoms with Gasteiger partial charge in [-0.2, -0.15) is 0 Å². The summed E-state index contributed by atoms with van der Waals surface area (Å²) in [6, 6.07) is 15.4. The molecule has 98 valence electrons. The smallest absolute Gasteiger partial charge is 0.335 e. The van der Waals surface area contributed by atoms with Crippen LogP contribution in [0.2, 0.25) is 0 Å². The Morgan fingerprint density at radius 3 is 2.53 bits per heavy atom. The lowest BCUT2D eigenvalue weighted by Gasteiger charge is -2.12. The highest BCUT2D eigenvalue weighted by molar-refractivity contribution is 5.87. The minimum atomic E-state index is -1.02. The van der Waals surface area contributed by atoms with Gasteiger partial charge < -0.3 is 14.9 Å². The normalized spacial score (nSPS) is 12.1. The van der Waals surface area contributed by atoms with Gasteiger partial charge in [0, 0.05) is 5.56 Å². The molecule has 2 N–H and O–H groups in total. The van der Waals surface area contributed by atoms with E-state index in [0.717, 1.165) is 0 Å². The van der Waals surface area contributed by atoms with Gasteiger partial charge in [-0.25, -0.2) is 4.79 Å². The van der Waals surface area contributed by atoms with Crippen LogP contribution in [0.1, 0.15) is 27.8 Å². The molecule has 0 aliphatic rings. The van der Waals surface area contributed by atoms with Crippen LogP contribution in [0.15, 0.2) is 54.6 Å². The minimum Gasteiger partial charge on any atom is -0.478 e. The molecule has 1 atom stereocenters. The second-order valence-electron chi connectivity index (χ2n) is 4.08. The average Bonchev–Trinajstić information content (AvgIpc) is 2.46. The maximum Gasteiger partial charge on any atom is 0.335 e. The number of aliphatic hydroxyl groups is 1. The molecule has 0 bridgehead atoms. The SMILES string of the molecule is O=C(O)c1cccc(COC(O)c2ccccc2)c1. The molecule has 4 nitrogen and oxygen atoms in total.